The summed E-state index contributed by atoms with van der Waals surface area (Å²) in [5, 5.41) is 4.51. The van der Waals surface area contributed by atoms with Crippen LogP contribution in [0.2, 0.25) is 0 Å². The molecule has 0 spiro atoms. The number of aromatic nitrogens is 2. The van der Waals surface area contributed by atoms with Crippen LogP contribution >= 0.6 is 0 Å². The molecule has 2 aromatic rings. The lowest BCUT2D eigenvalue weighted by atomic mass is 9.99. The standard InChI is InChI=1S/C30H45N5O/c1-7-25-18-26-20-34(16-13-28(26)32-27(25)8-2)15-12-22(4)33-36-23(5)19-35-14-10-9-11-29-30(35)17-21(3)24(6)31-29/h17-18,23H,7-16,19-20H2,1-6H3/b33-22+/t23-/m1/s1. The number of hydrogen-bond donors (Lipinski definition) is 0. The molecule has 2 aliphatic heterocycles. The van der Waals surface area contributed by atoms with Gasteiger partial charge in [0.05, 0.1) is 23.6 Å². The molecule has 0 unspecified atom stereocenters. The highest BCUT2D eigenvalue weighted by Gasteiger charge is 2.21. The summed E-state index contributed by atoms with van der Waals surface area (Å²) in [5.74, 6) is 0. The topological polar surface area (TPSA) is 53.9 Å². The number of hydrogen-bond acceptors (Lipinski definition) is 6. The lowest BCUT2D eigenvalue weighted by molar-refractivity contribution is 0.0761. The minimum Gasteiger partial charge on any atom is -0.391 e. The molecular weight excluding hydrogens is 446 g/mol. The Morgan fingerprint density at radius 2 is 1.89 bits per heavy atom. The van der Waals surface area contributed by atoms with E-state index in [-0.39, 0.29) is 6.10 Å². The molecular formula is C30H45N5O. The zero-order valence-corrected chi connectivity index (χ0v) is 23.4. The Hall–Kier alpha value is -2.47. The Bertz CT molecular complexity index is 1080. The predicted molar refractivity (Wildman–Crippen MR) is 149 cm³/mol. The SMILES string of the molecule is CCc1cc2c(nc1CC)CCN(CC/C(C)=N/O[C@H](C)CN1CCCCc3nc(C)c(C)cc31)C2. The zero-order chi connectivity index (χ0) is 25.7. The van der Waals surface area contributed by atoms with Gasteiger partial charge in [0.15, 0.2) is 0 Å². The Morgan fingerprint density at radius 1 is 1.06 bits per heavy atom. The van der Waals surface area contributed by atoms with Crippen molar-refractivity contribution < 1.29 is 4.84 Å². The van der Waals surface area contributed by atoms with Crippen molar-refractivity contribution in [3.05, 3.63) is 51.6 Å². The fourth-order valence-corrected chi connectivity index (χ4v) is 5.42. The van der Waals surface area contributed by atoms with E-state index in [0.717, 1.165) is 76.2 Å². The number of nitrogens with zero attached hydrogens (tertiary/aromatic N) is 5. The van der Waals surface area contributed by atoms with Crippen molar-refractivity contribution in [2.45, 2.75) is 99.1 Å². The van der Waals surface area contributed by atoms with Gasteiger partial charge in [0.2, 0.25) is 0 Å². The molecule has 0 radical (unpaired) electrons. The van der Waals surface area contributed by atoms with Gasteiger partial charge >= 0.3 is 0 Å². The molecule has 0 fully saturated rings. The molecule has 6 heteroatoms. The van der Waals surface area contributed by atoms with E-state index in [0.29, 0.717) is 0 Å². The third kappa shape index (κ3) is 6.44. The van der Waals surface area contributed by atoms with Crippen LogP contribution < -0.4 is 4.90 Å². The van der Waals surface area contributed by atoms with Gasteiger partial charge < -0.3 is 9.74 Å². The normalized spacial score (nSPS) is 17.4. The molecule has 0 N–H and O–H groups in total. The van der Waals surface area contributed by atoms with Gasteiger partial charge in [-0.3, -0.25) is 14.9 Å². The highest BCUT2D eigenvalue weighted by Crippen LogP contribution is 2.27. The molecule has 0 saturated heterocycles. The van der Waals surface area contributed by atoms with Crippen LogP contribution in [0.25, 0.3) is 0 Å². The van der Waals surface area contributed by atoms with Crippen LogP contribution in [0.15, 0.2) is 17.3 Å². The van der Waals surface area contributed by atoms with E-state index in [1.54, 1.807) is 0 Å². The summed E-state index contributed by atoms with van der Waals surface area (Å²) in [6.07, 6.45) is 7.54. The molecule has 4 heterocycles. The minimum absolute atomic E-state index is 0.0284. The molecule has 2 aliphatic rings. The van der Waals surface area contributed by atoms with Gasteiger partial charge in [0.1, 0.15) is 6.10 Å². The smallest absolute Gasteiger partial charge is 0.142 e. The molecule has 0 aromatic carbocycles. The van der Waals surface area contributed by atoms with Gasteiger partial charge in [-0.05, 0) is 82.6 Å². The van der Waals surface area contributed by atoms with E-state index in [2.05, 4.69) is 68.6 Å². The Labute approximate surface area is 218 Å². The number of anilines is 1. The maximum absolute atomic E-state index is 5.97. The van der Waals surface area contributed by atoms with Gasteiger partial charge in [-0.15, -0.1) is 0 Å². The highest BCUT2D eigenvalue weighted by molar-refractivity contribution is 5.81. The minimum atomic E-state index is 0.0284. The molecule has 36 heavy (non-hydrogen) atoms. The first-order valence-corrected chi connectivity index (χ1v) is 14.0. The van der Waals surface area contributed by atoms with Crippen molar-refractivity contribution in [2.24, 2.45) is 5.16 Å². The molecule has 6 nitrogen and oxygen atoms in total. The fourth-order valence-electron chi connectivity index (χ4n) is 5.42. The number of pyridine rings is 2. The maximum atomic E-state index is 5.97. The second-order valence-electron chi connectivity index (χ2n) is 10.7. The number of fused-ring (bicyclic) bond motifs is 2. The highest BCUT2D eigenvalue weighted by atomic mass is 16.6. The molecule has 0 aliphatic carbocycles. The van der Waals surface area contributed by atoms with Crippen LogP contribution in [-0.2, 0) is 37.1 Å². The first-order valence-electron chi connectivity index (χ1n) is 14.0. The quantitative estimate of drug-likeness (QED) is 0.338. The van der Waals surface area contributed by atoms with Crippen LogP contribution in [0, 0.1) is 13.8 Å². The zero-order valence-electron chi connectivity index (χ0n) is 23.4. The van der Waals surface area contributed by atoms with Crippen LogP contribution in [0.5, 0.6) is 0 Å². The van der Waals surface area contributed by atoms with Crippen LogP contribution in [0.1, 0.15) is 86.4 Å². The van der Waals surface area contributed by atoms with Crippen molar-refractivity contribution in [1.29, 1.82) is 0 Å². The summed E-state index contributed by atoms with van der Waals surface area (Å²) < 4.78 is 0. The average Bonchev–Trinajstić information content (AvgIpc) is 3.07. The molecule has 4 rings (SSSR count). The van der Waals surface area contributed by atoms with Crippen LogP contribution in [-0.4, -0.2) is 52.9 Å². The molecule has 196 valence electrons. The lowest BCUT2D eigenvalue weighted by Gasteiger charge is -2.29. The summed E-state index contributed by atoms with van der Waals surface area (Å²) in [6.45, 7) is 17.9. The van der Waals surface area contributed by atoms with Gasteiger partial charge in [0.25, 0.3) is 0 Å². The Kier molecular flexibility index (Phi) is 9.00. The first kappa shape index (κ1) is 26.6. The largest absolute Gasteiger partial charge is 0.391 e. The second-order valence-corrected chi connectivity index (χ2v) is 10.7. The Balaban J connectivity index is 1.29. The summed E-state index contributed by atoms with van der Waals surface area (Å²) in [7, 11) is 0. The van der Waals surface area contributed by atoms with E-state index in [9.17, 15) is 0 Å². The Morgan fingerprint density at radius 3 is 2.67 bits per heavy atom. The molecule has 0 amide bonds. The lowest BCUT2D eigenvalue weighted by Crippen LogP contribution is -2.33. The number of oxime groups is 1. The molecule has 2 aromatic heterocycles. The maximum Gasteiger partial charge on any atom is 0.142 e. The summed E-state index contributed by atoms with van der Waals surface area (Å²) in [4.78, 5) is 20.8. The van der Waals surface area contributed by atoms with E-state index in [1.165, 1.54) is 52.3 Å². The van der Waals surface area contributed by atoms with E-state index in [1.807, 2.05) is 0 Å². The predicted octanol–water partition coefficient (Wildman–Crippen LogP) is 5.59. The first-order chi connectivity index (χ1) is 17.4. The van der Waals surface area contributed by atoms with Gasteiger partial charge in [0, 0.05) is 56.1 Å². The van der Waals surface area contributed by atoms with Gasteiger partial charge in [-0.1, -0.05) is 25.1 Å². The fraction of sp³-hybridized carbons (Fsp3) is 0.633. The number of aryl methyl sites for hydroxylation is 5. The van der Waals surface area contributed by atoms with Crippen molar-refractivity contribution in [3.8, 4) is 0 Å². The van der Waals surface area contributed by atoms with E-state index in [4.69, 9.17) is 14.8 Å². The second kappa shape index (κ2) is 12.2. The van der Waals surface area contributed by atoms with Crippen LogP contribution in [0.3, 0.4) is 0 Å². The third-order valence-corrected chi connectivity index (χ3v) is 7.74. The van der Waals surface area contributed by atoms with E-state index < -0.39 is 0 Å². The van der Waals surface area contributed by atoms with E-state index >= 15 is 0 Å². The third-order valence-electron chi connectivity index (χ3n) is 7.74. The van der Waals surface area contributed by atoms with Crippen molar-refractivity contribution in [3.63, 3.8) is 0 Å². The molecule has 0 bridgehead atoms. The molecule has 1 atom stereocenters. The van der Waals surface area contributed by atoms with Crippen molar-refractivity contribution in [2.75, 3.05) is 31.1 Å². The summed E-state index contributed by atoms with van der Waals surface area (Å²) >= 11 is 0. The monoisotopic (exact) mass is 491 g/mol. The summed E-state index contributed by atoms with van der Waals surface area (Å²) in [5.41, 5.74) is 11.4. The van der Waals surface area contributed by atoms with Gasteiger partial charge in [-0.2, -0.15) is 0 Å². The molecule has 0 saturated carbocycles. The van der Waals surface area contributed by atoms with Crippen molar-refractivity contribution >= 4 is 11.4 Å². The summed E-state index contributed by atoms with van der Waals surface area (Å²) in [6, 6.07) is 4.71. The van der Waals surface area contributed by atoms with Gasteiger partial charge in [-0.25, -0.2) is 0 Å². The average molecular weight is 492 g/mol. The number of rotatable bonds is 9. The van der Waals surface area contributed by atoms with Crippen LogP contribution in [0.4, 0.5) is 5.69 Å². The van der Waals surface area contributed by atoms with Crippen molar-refractivity contribution in [1.82, 2.24) is 14.9 Å².